The smallest absolute Gasteiger partial charge is 0.359 e. The fourth-order valence-electron chi connectivity index (χ4n) is 2.57. The molecule has 1 aromatic heterocycles. The minimum absolute atomic E-state index is 0.128. The number of nitrogens with one attached hydrogen (secondary N) is 1. The van der Waals surface area contributed by atoms with Gasteiger partial charge in [-0.25, -0.2) is 4.79 Å². The van der Waals surface area contributed by atoms with Crippen molar-refractivity contribution in [2.45, 2.75) is 44.6 Å². The Morgan fingerprint density at radius 1 is 1.56 bits per heavy atom. The molecule has 0 saturated heterocycles. The summed E-state index contributed by atoms with van der Waals surface area (Å²) in [6.45, 7) is 0. The molecule has 1 aromatic rings. The van der Waals surface area contributed by atoms with E-state index < -0.39 is 0 Å². The van der Waals surface area contributed by atoms with Crippen LogP contribution in [0.3, 0.4) is 0 Å². The van der Waals surface area contributed by atoms with Crippen LogP contribution in [0.4, 0.5) is 0 Å². The highest BCUT2D eigenvalue weighted by Crippen LogP contribution is 2.36. The lowest BCUT2D eigenvalue weighted by Gasteiger charge is -2.14. The lowest BCUT2D eigenvalue weighted by molar-refractivity contribution is 0.0253. The van der Waals surface area contributed by atoms with Crippen molar-refractivity contribution in [3.05, 3.63) is 17.0 Å². The van der Waals surface area contributed by atoms with Crippen molar-refractivity contribution in [3.8, 4) is 12.3 Å². The van der Waals surface area contributed by atoms with Crippen LogP contribution in [-0.2, 0) is 17.6 Å². The van der Waals surface area contributed by atoms with Crippen LogP contribution in [0.5, 0.6) is 0 Å². The molecule has 1 heterocycles. The maximum Gasteiger partial charge on any atom is 0.359 e. The molecule has 3 rings (SSSR count). The molecule has 0 aliphatic heterocycles. The maximum atomic E-state index is 12.1. The monoisotopic (exact) mass is 244 g/mol. The summed E-state index contributed by atoms with van der Waals surface area (Å²) in [7, 11) is 0. The number of ether oxygens (including phenoxy) is 1. The number of H-pyrrole nitrogens is 1. The van der Waals surface area contributed by atoms with Crippen LogP contribution < -0.4 is 0 Å². The number of hydrogen-bond acceptors (Lipinski definition) is 3. The largest absolute Gasteiger partial charge is 0.456 e. The molecule has 2 aliphatic carbocycles. The van der Waals surface area contributed by atoms with E-state index >= 15 is 0 Å². The van der Waals surface area contributed by atoms with Gasteiger partial charge in [-0.15, -0.1) is 12.3 Å². The van der Waals surface area contributed by atoms with Crippen LogP contribution in [0.1, 0.15) is 47.4 Å². The average molecular weight is 244 g/mol. The molecule has 1 N–H and O–H groups in total. The summed E-state index contributed by atoms with van der Waals surface area (Å²) in [5, 5.41) is 7.01. The van der Waals surface area contributed by atoms with E-state index in [9.17, 15) is 4.79 Å². The van der Waals surface area contributed by atoms with Gasteiger partial charge in [0.25, 0.3) is 0 Å². The molecular weight excluding hydrogens is 228 g/mol. The molecule has 0 spiro atoms. The summed E-state index contributed by atoms with van der Waals surface area (Å²) in [5.41, 5.74) is 2.59. The SMILES string of the molecule is C#CC[C@@H](OC(=O)c1n[nH]c2c1CCC2)C1CC1. The Hall–Kier alpha value is -1.76. The van der Waals surface area contributed by atoms with Crippen LogP contribution in [-0.4, -0.2) is 22.3 Å². The second-order valence-corrected chi connectivity index (χ2v) is 5.07. The van der Waals surface area contributed by atoms with E-state index in [4.69, 9.17) is 11.2 Å². The zero-order chi connectivity index (χ0) is 12.5. The molecular formula is C14H16N2O2. The van der Waals surface area contributed by atoms with Crippen LogP contribution in [0.25, 0.3) is 0 Å². The van der Waals surface area contributed by atoms with Crippen molar-refractivity contribution in [2.75, 3.05) is 0 Å². The molecule has 0 bridgehead atoms. The van der Waals surface area contributed by atoms with E-state index in [-0.39, 0.29) is 12.1 Å². The summed E-state index contributed by atoms with van der Waals surface area (Å²) < 4.78 is 5.52. The van der Waals surface area contributed by atoms with Crippen LogP contribution >= 0.6 is 0 Å². The third-order valence-corrected chi connectivity index (χ3v) is 3.72. The predicted octanol–water partition coefficient (Wildman–Crippen LogP) is 1.86. The molecule has 18 heavy (non-hydrogen) atoms. The number of fused-ring (bicyclic) bond motifs is 1. The molecule has 94 valence electrons. The van der Waals surface area contributed by atoms with Crippen molar-refractivity contribution in [1.29, 1.82) is 0 Å². The molecule has 0 aromatic carbocycles. The Morgan fingerprint density at radius 3 is 3.11 bits per heavy atom. The van der Waals surface area contributed by atoms with Gasteiger partial charge >= 0.3 is 5.97 Å². The summed E-state index contributed by atoms with van der Waals surface area (Å²) in [6.07, 6.45) is 10.9. The summed E-state index contributed by atoms with van der Waals surface area (Å²) in [5.74, 6) is 2.72. The van der Waals surface area contributed by atoms with Gasteiger partial charge in [-0.2, -0.15) is 5.10 Å². The van der Waals surface area contributed by atoms with E-state index in [2.05, 4.69) is 16.1 Å². The first-order valence-electron chi connectivity index (χ1n) is 6.50. The standard InChI is InChI=1S/C14H16N2O2/c1-2-4-12(9-7-8-9)18-14(17)13-10-5-3-6-11(10)15-16-13/h1,9,12H,3-8H2,(H,15,16)/t12-/m1/s1. The van der Waals surface area contributed by atoms with Gasteiger partial charge < -0.3 is 4.74 Å². The maximum absolute atomic E-state index is 12.1. The lowest BCUT2D eigenvalue weighted by atomic mass is 10.1. The lowest BCUT2D eigenvalue weighted by Crippen LogP contribution is -2.21. The first kappa shape index (κ1) is 11.3. The molecule has 4 nitrogen and oxygen atoms in total. The normalized spacial score (nSPS) is 19.1. The fourth-order valence-corrected chi connectivity index (χ4v) is 2.57. The third-order valence-electron chi connectivity index (χ3n) is 3.72. The minimum Gasteiger partial charge on any atom is -0.456 e. The number of carbonyl (C=O) groups excluding carboxylic acids is 1. The van der Waals surface area contributed by atoms with Crippen molar-refractivity contribution in [3.63, 3.8) is 0 Å². The van der Waals surface area contributed by atoms with Crippen molar-refractivity contribution in [1.82, 2.24) is 10.2 Å². The van der Waals surface area contributed by atoms with Gasteiger partial charge in [0.1, 0.15) is 6.10 Å². The molecule has 1 fully saturated rings. The molecule has 0 amide bonds. The van der Waals surface area contributed by atoms with Gasteiger partial charge in [-0.1, -0.05) is 0 Å². The first-order chi connectivity index (χ1) is 8.79. The number of aromatic nitrogens is 2. The number of aromatic amines is 1. The number of nitrogens with zero attached hydrogens (tertiary/aromatic N) is 1. The number of aryl methyl sites for hydroxylation is 1. The molecule has 0 unspecified atom stereocenters. The van der Waals surface area contributed by atoms with Crippen LogP contribution in [0.2, 0.25) is 0 Å². The Kier molecular flexibility index (Phi) is 2.83. The highest BCUT2D eigenvalue weighted by Gasteiger charge is 2.35. The highest BCUT2D eigenvalue weighted by atomic mass is 16.5. The topological polar surface area (TPSA) is 55.0 Å². The Bertz CT molecular complexity index is 508. The van der Waals surface area contributed by atoms with E-state index in [1.807, 2.05) is 0 Å². The Balaban J connectivity index is 1.72. The zero-order valence-electron chi connectivity index (χ0n) is 10.2. The van der Waals surface area contributed by atoms with Gasteiger partial charge in [0.05, 0.1) is 0 Å². The quantitative estimate of drug-likeness (QED) is 0.649. The number of terminal acetylenes is 1. The van der Waals surface area contributed by atoms with Crippen LogP contribution in [0, 0.1) is 18.3 Å². The Labute approximate surface area is 106 Å². The number of carbonyl (C=O) groups is 1. The van der Waals surface area contributed by atoms with Gasteiger partial charge in [-0.3, -0.25) is 5.10 Å². The molecule has 2 aliphatic rings. The van der Waals surface area contributed by atoms with Gasteiger partial charge in [0.15, 0.2) is 5.69 Å². The van der Waals surface area contributed by atoms with Crippen molar-refractivity contribution in [2.24, 2.45) is 5.92 Å². The van der Waals surface area contributed by atoms with E-state index in [0.29, 0.717) is 18.0 Å². The molecule has 0 radical (unpaired) electrons. The summed E-state index contributed by atoms with van der Waals surface area (Å²) >= 11 is 0. The average Bonchev–Trinajstić information content (AvgIpc) is 2.95. The van der Waals surface area contributed by atoms with Gasteiger partial charge in [0, 0.05) is 17.7 Å². The number of rotatable bonds is 4. The second kappa shape index (κ2) is 4.49. The van der Waals surface area contributed by atoms with E-state index in [1.165, 1.54) is 0 Å². The van der Waals surface area contributed by atoms with Gasteiger partial charge in [0.2, 0.25) is 0 Å². The predicted molar refractivity (Wildman–Crippen MR) is 66.0 cm³/mol. The van der Waals surface area contributed by atoms with E-state index in [1.54, 1.807) is 0 Å². The summed E-state index contributed by atoms with van der Waals surface area (Å²) in [4.78, 5) is 12.1. The number of esters is 1. The zero-order valence-corrected chi connectivity index (χ0v) is 10.2. The second-order valence-electron chi connectivity index (χ2n) is 5.07. The third kappa shape index (κ3) is 2.01. The molecule has 4 heteroatoms. The highest BCUT2D eigenvalue weighted by molar-refractivity contribution is 5.89. The van der Waals surface area contributed by atoms with Crippen molar-refractivity contribution >= 4 is 5.97 Å². The van der Waals surface area contributed by atoms with Crippen molar-refractivity contribution < 1.29 is 9.53 Å². The molecule has 1 saturated carbocycles. The van der Waals surface area contributed by atoms with Crippen LogP contribution in [0.15, 0.2) is 0 Å². The van der Waals surface area contributed by atoms with E-state index in [0.717, 1.165) is 43.4 Å². The first-order valence-corrected chi connectivity index (χ1v) is 6.50. The van der Waals surface area contributed by atoms with Gasteiger partial charge in [-0.05, 0) is 38.0 Å². The fraction of sp³-hybridized carbons (Fsp3) is 0.571. The minimum atomic E-state index is -0.318. The Morgan fingerprint density at radius 2 is 2.39 bits per heavy atom. The molecule has 1 atom stereocenters. The number of hydrogen-bond donors (Lipinski definition) is 1. The summed E-state index contributed by atoms with van der Waals surface area (Å²) in [6, 6.07) is 0.